The summed E-state index contributed by atoms with van der Waals surface area (Å²) in [5, 5.41) is 11.3. The zero-order chi connectivity index (χ0) is 10.6. The van der Waals surface area contributed by atoms with E-state index in [1.807, 2.05) is 0 Å². The van der Waals surface area contributed by atoms with E-state index in [-0.39, 0.29) is 11.8 Å². The Kier molecular flexibility index (Phi) is 3.92. The lowest BCUT2D eigenvalue weighted by atomic mass is 9.94. The number of hydrogen-bond acceptors (Lipinski definition) is 2. The first-order valence-corrected chi connectivity index (χ1v) is 5.17. The van der Waals surface area contributed by atoms with Gasteiger partial charge >= 0.3 is 5.97 Å². The Morgan fingerprint density at radius 1 is 1.57 bits per heavy atom. The summed E-state index contributed by atoms with van der Waals surface area (Å²) in [6.45, 7) is 2.10. The van der Waals surface area contributed by atoms with Crippen LogP contribution in [0.2, 0.25) is 0 Å². The topological polar surface area (TPSA) is 66.4 Å². The van der Waals surface area contributed by atoms with Crippen molar-refractivity contribution in [2.75, 3.05) is 0 Å². The van der Waals surface area contributed by atoms with Gasteiger partial charge in [0, 0.05) is 6.42 Å². The molecule has 80 valence electrons. The molecule has 0 unspecified atom stereocenters. The molecule has 0 radical (unpaired) electrons. The third kappa shape index (κ3) is 2.72. The predicted molar refractivity (Wildman–Crippen MR) is 51.8 cm³/mol. The molecule has 1 fully saturated rings. The number of carbonyl (C=O) groups excluding carboxylic acids is 1. The van der Waals surface area contributed by atoms with Crippen molar-refractivity contribution in [3.8, 4) is 0 Å². The Bertz CT molecular complexity index is 227. The van der Waals surface area contributed by atoms with Gasteiger partial charge in [-0.25, -0.2) is 4.79 Å². The summed E-state index contributed by atoms with van der Waals surface area (Å²) >= 11 is 0. The second kappa shape index (κ2) is 4.98. The molecule has 4 heteroatoms. The average Bonchev–Trinajstić information content (AvgIpc) is 2.47. The predicted octanol–water partition coefficient (Wildman–Crippen LogP) is 1.16. The van der Waals surface area contributed by atoms with Crippen molar-refractivity contribution in [1.82, 2.24) is 5.32 Å². The summed E-state index contributed by atoms with van der Waals surface area (Å²) < 4.78 is 0. The highest BCUT2D eigenvalue weighted by atomic mass is 16.4. The van der Waals surface area contributed by atoms with Gasteiger partial charge in [-0.2, -0.15) is 0 Å². The maximum absolute atomic E-state index is 11.0. The minimum Gasteiger partial charge on any atom is -0.480 e. The van der Waals surface area contributed by atoms with E-state index in [0.717, 1.165) is 25.7 Å². The summed E-state index contributed by atoms with van der Waals surface area (Å²) in [6.07, 6.45) is 4.45. The number of nitrogens with one attached hydrogen (secondary N) is 1. The fraction of sp³-hybridized carbons (Fsp3) is 0.800. The number of hydrogen-bond donors (Lipinski definition) is 2. The Hall–Kier alpha value is -1.06. The normalized spacial score (nSPS) is 26.2. The summed E-state index contributed by atoms with van der Waals surface area (Å²) in [5.41, 5.74) is 0. The third-order valence-electron chi connectivity index (χ3n) is 2.68. The molecule has 1 amide bonds. The summed E-state index contributed by atoms with van der Waals surface area (Å²) in [4.78, 5) is 21.8. The van der Waals surface area contributed by atoms with E-state index in [9.17, 15) is 9.59 Å². The molecule has 0 aromatic heterocycles. The number of rotatable bonds is 5. The summed E-state index contributed by atoms with van der Waals surface area (Å²) in [6, 6.07) is -0.653. The van der Waals surface area contributed by atoms with Crippen LogP contribution in [0.1, 0.15) is 39.0 Å². The van der Waals surface area contributed by atoms with E-state index >= 15 is 0 Å². The number of carbonyl (C=O) groups is 2. The van der Waals surface area contributed by atoms with E-state index in [1.54, 1.807) is 0 Å². The molecule has 2 N–H and O–H groups in total. The van der Waals surface area contributed by atoms with Crippen molar-refractivity contribution in [2.45, 2.75) is 45.1 Å². The van der Waals surface area contributed by atoms with Crippen LogP contribution in [-0.2, 0) is 9.59 Å². The summed E-state index contributed by atoms with van der Waals surface area (Å²) in [7, 11) is 0. The minimum absolute atomic E-state index is 0.00782. The zero-order valence-corrected chi connectivity index (χ0v) is 8.45. The van der Waals surface area contributed by atoms with Gasteiger partial charge in [-0.3, -0.25) is 4.79 Å². The molecule has 0 aromatic carbocycles. The second-order valence-electron chi connectivity index (χ2n) is 3.84. The first-order valence-electron chi connectivity index (χ1n) is 5.17. The largest absolute Gasteiger partial charge is 0.480 e. The number of carboxylic acid groups (broad SMARTS) is 1. The smallest absolute Gasteiger partial charge is 0.326 e. The minimum atomic E-state index is -0.905. The van der Waals surface area contributed by atoms with Crippen molar-refractivity contribution in [3.63, 3.8) is 0 Å². The molecule has 1 heterocycles. The van der Waals surface area contributed by atoms with Gasteiger partial charge in [0.05, 0.1) is 0 Å². The van der Waals surface area contributed by atoms with Gasteiger partial charge in [-0.1, -0.05) is 26.2 Å². The van der Waals surface area contributed by atoms with Gasteiger partial charge < -0.3 is 10.4 Å². The molecule has 2 atom stereocenters. The fourth-order valence-electron chi connectivity index (χ4n) is 1.89. The van der Waals surface area contributed by atoms with Crippen LogP contribution in [0.3, 0.4) is 0 Å². The van der Waals surface area contributed by atoms with Crippen LogP contribution in [0.5, 0.6) is 0 Å². The molecule has 4 nitrogen and oxygen atoms in total. The van der Waals surface area contributed by atoms with Gasteiger partial charge in [-0.05, 0) is 12.3 Å². The fourth-order valence-corrected chi connectivity index (χ4v) is 1.89. The van der Waals surface area contributed by atoms with Crippen LogP contribution in [0.15, 0.2) is 0 Å². The van der Waals surface area contributed by atoms with E-state index < -0.39 is 12.0 Å². The van der Waals surface area contributed by atoms with E-state index in [1.165, 1.54) is 0 Å². The zero-order valence-electron chi connectivity index (χ0n) is 8.45. The number of amides is 1. The molecule has 0 spiro atoms. The van der Waals surface area contributed by atoms with Crippen LogP contribution in [0.4, 0.5) is 0 Å². The Morgan fingerprint density at radius 2 is 2.29 bits per heavy atom. The lowest BCUT2D eigenvalue weighted by molar-refractivity contribution is -0.140. The maximum atomic E-state index is 11.0. The van der Waals surface area contributed by atoms with E-state index in [2.05, 4.69) is 12.2 Å². The Morgan fingerprint density at radius 3 is 2.86 bits per heavy atom. The lowest BCUT2D eigenvalue weighted by Gasteiger charge is -2.13. The number of aliphatic carboxylic acids is 1. The van der Waals surface area contributed by atoms with E-state index in [0.29, 0.717) is 6.42 Å². The van der Waals surface area contributed by atoms with Crippen LogP contribution in [-0.4, -0.2) is 23.0 Å². The van der Waals surface area contributed by atoms with Gasteiger partial charge in [0.2, 0.25) is 5.91 Å². The van der Waals surface area contributed by atoms with Gasteiger partial charge in [0.1, 0.15) is 6.04 Å². The molecule has 0 aliphatic carbocycles. The van der Waals surface area contributed by atoms with Gasteiger partial charge in [0.15, 0.2) is 0 Å². The molecular formula is C10H17NO3. The van der Waals surface area contributed by atoms with Crippen LogP contribution in [0.25, 0.3) is 0 Å². The van der Waals surface area contributed by atoms with Crippen molar-refractivity contribution in [2.24, 2.45) is 5.92 Å². The Labute approximate surface area is 83.7 Å². The molecule has 0 aromatic rings. The van der Waals surface area contributed by atoms with Gasteiger partial charge in [0.25, 0.3) is 0 Å². The van der Waals surface area contributed by atoms with Crippen molar-refractivity contribution >= 4 is 11.9 Å². The first-order chi connectivity index (χ1) is 6.65. The van der Waals surface area contributed by atoms with Gasteiger partial charge in [-0.15, -0.1) is 0 Å². The highest BCUT2D eigenvalue weighted by molar-refractivity contribution is 5.87. The number of carboxylic acids is 1. The standard InChI is InChI=1S/C10H17NO3/c1-2-3-4-5-7-6-8(12)11-9(7)10(13)14/h7,9H,2-6H2,1H3,(H,11,12)(H,13,14)/t7-,9-/m1/s1. The molecular weight excluding hydrogens is 182 g/mol. The van der Waals surface area contributed by atoms with Crippen LogP contribution in [0, 0.1) is 5.92 Å². The monoisotopic (exact) mass is 199 g/mol. The second-order valence-corrected chi connectivity index (χ2v) is 3.84. The van der Waals surface area contributed by atoms with Crippen molar-refractivity contribution in [3.05, 3.63) is 0 Å². The molecule has 1 aliphatic heterocycles. The summed E-state index contributed by atoms with van der Waals surface area (Å²) in [5.74, 6) is -1.04. The molecule has 14 heavy (non-hydrogen) atoms. The SMILES string of the molecule is CCCCC[C@@H]1CC(=O)N[C@H]1C(=O)O. The average molecular weight is 199 g/mol. The first kappa shape index (κ1) is 11.0. The molecule has 1 aliphatic rings. The molecule has 0 saturated carbocycles. The highest BCUT2D eigenvalue weighted by Gasteiger charge is 2.36. The molecule has 1 rings (SSSR count). The number of unbranched alkanes of at least 4 members (excludes halogenated alkanes) is 2. The van der Waals surface area contributed by atoms with Crippen LogP contribution >= 0.6 is 0 Å². The van der Waals surface area contributed by atoms with Crippen molar-refractivity contribution in [1.29, 1.82) is 0 Å². The highest BCUT2D eigenvalue weighted by Crippen LogP contribution is 2.23. The van der Waals surface area contributed by atoms with Crippen molar-refractivity contribution < 1.29 is 14.7 Å². The third-order valence-corrected chi connectivity index (χ3v) is 2.68. The lowest BCUT2D eigenvalue weighted by Crippen LogP contribution is -2.36. The molecule has 0 bridgehead atoms. The molecule has 1 saturated heterocycles. The van der Waals surface area contributed by atoms with E-state index in [4.69, 9.17) is 5.11 Å². The maximum Gasteiger partial charge on any atom is 0.326 e. The Balaban J connectivity index is 2.41. The quantitative estimate of drug-likeness (QED) is 0.653. The van der Waals surface area contributed by atoms with Crippen LogP contribution < -0.4 is 5.32 Å².